The molecule has 0 saturated heterocycles. The van der Waals surface area contributed by atoms with Crippen molar-refractivity contribution < 1.29 is 23.9 Å². The molecule has 11 nitrogen and oxygen atoms in total. The topological polar surface area (TPSA) is 162 Å². The first-order valence-corrected chi connectivity index (χ1v) is 16.5. The molecule has 0 aromatic heterocycles. The highest BCUT2D eigenvalue weighted by molar-refractivity contribution is 6.04. The Bertz CT molecular complexity index is 1710. The van der Waals surface area contributed by atoms with E-state index in [9.17, 15) is 19.2 Å². The zero-order valence-corrected chi connectivity index (χ0v) is 28.3. The van der Waals surface area contributed by atoms with Gasteiger partial charge in [0.15, 0.2) is 0 Å². The van der Waals surface area contributed by atoms with Crippen molar-refractivity contribution in [1.29, 1.82) is 5.41 Å². The molecule has 0 aliphatic rings. The highest BCUT2D eigenvalue weighted by Gasteiger charge is 2.22. The van der Waals surface area contributed by atoms with Gasteiger partial charge in [0.1, 0.15) is 18.5 Å². The predicted octanol–water partition coefficient (Wildman–Crippen LogP) is 4.85. The van der Waals surface area contributed by atoms with Crippen LogP contribution in [-0.2, 0) is 45.1 Å². The molecule has 6 N–H and O–H groups in total. The third-order valence-corrected chi connectivity index (χ3v) is 7.86. The molecule has 2 atom stereocenters. The number of aryl methyl sites for hydroxylation is 1. The van der Waals surface area contributed by atoms with Gasteiger partial charge in [0, 0.05) is 24.7 Å². The number of carbonyl (C=O) groups is 4. The van der Waals surface area contributed by atoms with E-state index >= 15 is 0 Å². The summed E-state index contributed by atoms with van der Waals surface area (Å²) >= 11 is 0. The van der Waals surface area contributed by atoms with E-state index in [4.69, 9.17) is 10.1 Å². The van der Waals surface area contributed by atoms with Gasteiger partial charge in [-0.25, -0.2) is 4.79 Å². The molecule has 0 heterocycles. The van der Waals surface area contributed by atoms with Crippen molar-refractivity contribution in [1.82, 2.24) is 21.3 Å². The maximum atomic E-state index is 13.4. The van der Waals surface area contributed by atoms with E-state index in [0.29, 0.717) is 31.4 Å². The van der Waals surface area contributed by atoms with Gasteiger partial charge in [0.05, 0.1) is 6.04 Å². The van der Waals surface area contributed by atoms with Crippen molar-refractivity contribution >= 4 is 35.3 Å². The minimum absolute atomic E-state index is 0.0975. The summed E-state index contributed by atoms with van der Waals surface area (Å²) in [6.07, 6.45) is 1.19. The van der Waals surface area contributed by atoms with Gasteiger partial charge < -0.3 is 26.0 Å². The zero-order valence-electron chi connectivity index (χ0n) is 28.3. The van der Waals surface area contributed by atoms with Gasteiger partial charge in [-0.3, -0.25) is 25.1 Å². The summed E-state index contributed by atoms with van der Waals surface area (Å²) in [4.78, 5) is 49.7. The van der Waals surface area contributed by atoms with Gasteiger partial charge in [-0.2, -0.15) is 0 Å². The molecule has 0 saturated carbocycles. The van der Waals surface area contributed by atoms with Gasteiger partial charge in [-0.1, -0.05) is 97.1 Å². The average molecular weight is 677 g/mol. The summed E-state index contributed by atoms with van der Waals surface area (Å²) in [5.41, 5.74) is 5.01. The van der Waals surface area contributed by atoms with Crippen molar-refractivity contribution in [2.45, 2.75) is 58.3 Å². The van der Waals surface area contributed by atoms with E-state index in [0.717, 1.165) is 27.9 Å². The molecule has 4 rings (SSSR count). The van der Waals surface area contributed by atoms with Crippen molar-refractivity contribution in [3.63, 3.8) is 0 Å². The molecule has 0 spiro atoms. The number of nitrogens with one attached hydrogen (secondary N) is 6. The molecule has 0 aliphatic heterocycles. The number of hydrogen-bond donors (Lipinski definition) is 6. The van der Waals surface area contributed by atoms with Gasteiger partial charge in [-0.05, 0) is 67.1 Å². The molecule has 260 valence electrons. The summed E-state index contributed by atoms with van der Waals surface area (Å²) in [6.45, 7) is 3.97. The summed E-state index contributed by atoms with van der Waals surface area (Å²) < 4.78 is 5.17. The summed E-state index contributed by atoms with van der Waals surface area (Å²) in [5.74, 6) is -0.831. The minimum atomic E-state index is -0.775. The summed E-state index contributed by atoms with van der Waals surface area (Å²) in [5, 5.41) is 22.4. The second-order valence-electron chi connectivity index (χ2n) is 11.9. The van der Waals surface area contributed by atoms with Crippen LogP contribution in [0.15, 0.2) is 109 Å². The second-order valence-corrected chi connectivity index (χ2v) is 11.9. The zero-order chi connectivity index (χ0) is 35.7. The SMILES string of the molecule is CC(=O)Nc1ccc(CCN[C@H](CCc2ccccc2)C(=O)N[C@@H](C)C(=O)NCc2ccc(C(=N)NC(=O)OCc3ccccc3)cc2)cc1. The summed E-state index contributed by atoms with van der Waals surface area (Å²) in [6, 6.07) is 32.3. The van der Waals surface area contributed by atoms with Crippen LogP contribution in [0.1, 0.15) is 48.1 Å². The molecule has 4 amide bonds. The first-order chi connectivity index (χ1) is 24.2. The first-order valence-electron chi connectivity index (χ1n) is 16.5. The smallest absolute Gasteiger partial charge is 0.413 e. The van der Waals surface area contributed by atoms with Gasteiger partial charge in [-0.15, -0.1) is 0 Å². The third kappa shape index (κ3) is 12.7. The fourth-order valence-corrected chi connectivity index (χ4v) is 5.07. The molecule has 0 aliphatic carbocycles. The van der Waals surface area contributed by atoms with Crippen molar-refractivity contribution in [3.8, 4) is 0 Å². The third-order valence-electron chi connectivity index (χ3n) is 7.86. The molecule has 4 aromatic rings. The highest BCUT2D eigenvalue weighted by Crippen LogP contribution is 2.11. The maximum Gasteiger partial charge on any atom is 0.413 e. The number of alkyl carbamates (subject to hydrolysis) is 1. The number of amides is 4. The van der Waals surface area contributed by atoms with Crippen LogP contribution in [0.4, 0.5) is 10.5 Å². The molecule has 4 aromatic carbocycles. The molecular weight excluding hydrogens is 632 g/mol. The largest absolute Gasteiger partial charge is 0.444 e. The maximum absolute atomic E-state index is 13.4. The van der Waals surface area contributed by atoms with Crippen LogP contribution in [0.25, 0.3) is 0 Å². The Balaban J connectivity index is 1.24. The average Bonchev–Trinajstić information content (AvgIpc) is 3.12. The fraction of sp³-hybridized carbons (Fsp3) is 0.256. The Morgan fingerprint density at radius 3 is 1.96 bits per heavy atom. The Morgan fingerprint density at radius 2 is 1.32 bits per heavy atom. The van der Waals surface area contributed by atoms with E-state index in [1.807, 2.05) is 84.9 Å². The quantitative estimate of drug-likeness (QED) is 0.0735. The predicted molar refractivity (Wildman–Crippen MR) is 193 cm³/mol. The number of hydrogen-bond acceptors (Lipinski definition) is 7. The molecule has 50 heavy (non-hydrogen) atoms. The van der Waals surface area contributed by atoms with Gasteiger partial charge in [0.25, 0.3) is 0 Å². The van der Waals surface area contributed by atoms with Crippen LogP contribution in [0, 0.1) is 5.41 Å². The first kappa shape index (κ1) is 37.0. The Kier molecular flexibility index (Phi) is 14.3. The number of anilines is 1. The summed E-state index contributed by atoms with van der Waals surface area (Å²) in [7, 11) is 0. The Labute approximate surface area is 292 Å². The lowest BCUT2D eigenvalue weighted by atomic mass is 10.0. The van der Waals surface area contributed by atoms with E-state index in [-0.39, 0.29) is 36.7 Å². The lowest BCUT2D eigenvalue weighted by molar-refractivity contribution is -0.129. The normalized spacial score (nSPS) is 11.8. The van der Waals surface area contributed by atoms with E-state index in [1.54, 1.807) is 31.2 Å². The van der Waals surface area contributed by atoms with Crippen LogP contribution in [0.5, 0.6) is 0 Å². The van der Waals surface area contributed by atoms with Crippen LogP contribution in [-0.4, -0.2) is 48.3 Å². The number of amidine groups is 1. The van der Waals surface area contributed by atoms with E-state index in [1.165, 1.54) is 6.92 Å². The van der Waals surface area contributed by atoms with Gasteiger partial charge >= 0.3 is 6.09 Å². The molecule has 0 unspecified atom stereocenters. The van der Waals surface area contributed by atoms with Crippen molar-refractivity contribution in [3.05, 3.63) is 137 Å². The number of carbonyl (C=O) groups excluding carboxylic acids is 4. The van der Waals surface area contributed by atoms with Crippen LogP contribution in [0.2, 0.25) is 0 Å². The van der Waals surface area contributed by atoms with Gasteiger partial charge in [0.2, 0.25) is 17.7 Å². The molecule has 0 bridgehead atoms. The molecule has 11 heteroatoms. The molecule has 0 fully saturated rings. The lowest BCUT2D eigenvalue weighted by Crippen LogP contribution is -2.52. The lowest BCUT2D eigenvalue weighted by Gasteiger charge is -2.21. The van der Waals surface area contributed by atoms with Crippen LogP contribution in [0.3, 0.4) is 0 Å². The van der Waals surface area contributed by atoms with Crippen molar-refractivity contribution in [2.24, 2.45) is 0 Å². The van der Waals surface area contributed by atoms with Crippen LogP contribution < -0.4 is 26.6 Å². The molecular formula is C39H44N6O5. The number of ether oxygens (including phenoxy) is 1. The standard InChI is InChI=1S/C39H44N6O5/c1-27(37(47)42-25-31-13-18-33(19-14-31)36(40)45-39(49)50-26-32-11-7-4-8-12-32)43-38(48)35(22-17-29-9-5-3-6-10-29)41-24-23-30-15-20-34(21-16-30)44-28(2)46/h3-16,18-21,27,35,41H,17,22-26H2,1-2H3,(H,42,47)(H,43,48)(H,44,46)(H2,40,45,49)/t27-,35+/m0/s1. The van der Waals surface area contributed by atoms with E-state index < -0.39 is 18.2 Å². The number of rotatable bonds is 16. The molecule has 0 radical (unpaired) electrons. The highest BCUT2D eigenvalue weighted by atomic mass is 16.5. The second kappa shape index (κ2) is 19.3. The van der Waals surface area contributed by atoms with Crippen molar-refractivity contribution in [2.75, 3.05) is 11.9 Å². The minimum Gasteiger partial charge on any atom is -0.444 e. The van der Waals surface area contributed by atoms with E-state index in [2.05, 4.69) is 26.6 Å². The monoisotopic (exact) mass is 676 g/mol. The Hall–Kier alpha value is -5.81. The van der Waals surface area contributed by atoms with Crippen LogP contribution >= 0.6 is 0 Å². The Morgan fingerprint density at radius 1 is 0.720 bits per heavy atom. The fourth-order valence-electron chi connectivity index (χ4n) is 5.07. The number of benzene rings is 4.